The minimum atomic E-state index is -0.804. The van der Waals surface area contributed by atoms with Gasteiger partial charge in [-0.3, -0.25) is 4.21 Å². The van der Waals surface area contributed by atoms with Gasteiger partial charge in [0.25, 0.3) is 0 Å². The lowest BCUT2D eigenvalue weighted by atomic mass is 9.67. The summed E-state index contributed by atoms with van der Waals surface area (Å²) in [5.74, 6) is 1.11. The van der Waals surface area contributed by atoms with E-state index < -0.39 is 10.8 Å². The zero-order valence-corrected chi connectivity index (χ0v) is 15.0. The molecular formula is C17H33NO2S. The first kappa shape index (κ1) is 17.4. The predicted molar refractivity (Wildman–Crippen MR) is 89.7 cm³/mol. The number of hydrogen-bond acceptors (Lipinski definition) is 3. The lowest BCUT2D eigenvalue weighted by molar-refractivity contribution is 0.124. The Labute approximate surface area is 132 Å². The zero-order valence-electron chi connectivity index (χ0n) is 14.1. The van der Waals surface area contributed by atoms with Crippen molar-refractivity contribution in [2.75, 3.05) is 13.2 Å². The van der Waals surface area contributed by atoms with Crippen LogP contribution in [0.3, 0.4) is 0 Å². The van der Waals surface area contributed by atoms with Crippen LogP contribution in [0.4, 0.5) is 0 Å². The van der Waals surface area contributed by atoms with Crippen LogP contribution >= 0.6 is 0 Å². The normalized spacial score (nSPS) is 39.4. The summed E-state index contributed by atoms with van der Waals surface area (Å²) in [6, 6.07) is 0. The van der Waals surface area contributed by atoms with Crippen molar-refractivity contribution in [1.82, 2.24) is 0 Å². The number of rotatable bonds is 5. The molecule has 6 unspecified atom stereocenters. The Kier molecular flexibility index (Phi) is 5.89. The van der Waals surface area contributed by atoms with E-state index in [1.165, 1.54) is 12.8 Å². The maximum Gasteiger partial charge on any atom is 0.0691 e. The van der Waals surface area contributed by atoms with Crippen molar-refractivity contribution >= 4 is 10.8 Å². The van der Waals surface area contributed by atoms with Gasteiger partial charge in [-0.15, -0.1) is 0 Å². The quantitative estimate of drug-likeness (QED) is 0.848. The Hall–Kier alpha value is 0.0700. The second-order valence-electron chi connectivity index (χ2n) is 7.62. The SMILES string of the molecule is CCC(C)(C)C1CCC(CN)C(S(=O)C2CCOC2C)C1. The molecule has 1 heterocycles. The topological polar surface area (TPSA) is 52.3 Å². The third-order valence-corrected chi connectivity index (χ3v) is 8.54. The lowest BCUT2D eigenvalue weighted by Gasteiger charge is -2.43. The molecule has 0 radical (unpaired) electrons. The molecule has 2 aliphatic rings. The monoisotopic (exact) mass is 315 g/mol. The molecule has 1 aliphatic heterocycles. The van der Waals surface area contributed by atoms with Gasteiger partial charge in [0.05, 0.1) is 11.4 Å². The molecule has 124 valence electrons. The molecule has 6 atom stereocenters. The minimum absolute atomic E-state index is 0.142. The summed E-state index contributed by atoms with van der Waals surface area (Å²) < 4.78 is 18.8. The van der Waals surface area contributed by atoms with Gasteiger partial charge < -0.3 is 10.5 Å². The smallest absolute Gasteiger partial charge is 0.0691 e. The maximum absolute atomic E-state index is 13.1. The Morgan fingerprint density at radius 2 is 1.95 bits per heavy atom. The first-order valence-corrected chi connectivity index (χ1v) is 9.89. The average molecular weight is 316 g/mol. The van der Waals surface area contributed by atoms with Gasteiger partial charge in [-0.1, -0.05) is 27.2 Å². The summed E-state index contributed by atoms with van der Waals surface area (Å²) in [6.45, 7) is 10.5. The van der Waals surface area contributed by atoms with Crippen molar-refractivity contribution in [1.29, 1.82) is 0 Å². The molecule has 0 aromatic carbocycles. The molecule has 2 fully saturated rings. The molecule has 0 spiro atoms. The molecule has 1 saturated heterocycles. The molecule has 3 nitrogen and oxygen atoms in total. The summed E-state index contributed by atoms with van der Waals surface area (Å²) in [5, 5.41) is 0.487. The van der Waals surface area contributed by atoms with Crippen LogP contribution in [0.25, 0.3) is 0 Å². The van der Waals surface area contributed by atoms with E-state index in [1.807, 2.05) is 0 Å². The van der Waals surface area contributed by atoms with Gasteiger partial charge in [0.1, 0.15) is 0 Å². The molecule has 0 bridgehead atoms. The summed E-state index contributed by atoms with van der Waals surface area (Å²) in [4.78, 5) is 0. The first-order valence-electron chi connectivity index (χ1n) is 8.61. The predicted octanol–water partition coefficient (Wildman–Crippen LogP) is 3.09. The Balaban J connectivity index is 2.11. The number of hydrogen-bond donors (Lipinski definition) is 1. The van der Waals surface area contributed by atoms with Crippen LogP contribution in [0.1, 0.15) is 59.8 Å². The highest BCUT2D eigenvalue weighted by Gasteiger charge is 2.42. The third-order valence-electron chi connectivity index (χ3n) is 6.15. The third kappa shape index (κ3) is 3.70. The molecular weight excluding hydrogens is 282 g/mol. The van der Waals surface area contributed by atoms with E-state index in [1.54, 1.807) is 0 Å². The van der Waals surface area contributed by atoms with Gasteiger partial charge in [0.2, 0.25) is 0 Å². The van der Waals surface area contributed by atoms with E-state index in [0.717, 1.165) is 25.9 Å². The second kappa shape index (κ2) is 7.10. The van der Waals surface area contributed by atoms with Crippen molar-refractivity contribution in [2.45, 2.75) is 76.4 Å². The molecule has 4 heteroatoms. The molecule has 0 amide bonds. The van der Waals surface area contributed by atoms with Gasteiger partial charge >= 0.3 is 0 Å². The Bertz CT molecular complexity index is 372. The molecule has 2 rings (SSSR count). The lowest BCUT2D eigenvalue weighted by Crippen LogP contribution is -2.44. The molecule has 0 aromatic rings. The van der Waals surface area contributed by atoms with E-state index >= 15 is 0 Å². The molecule has 1 aliphatic carbocycles. The fourth-order valence-corrected chi connectivity index (χ4v) is 6.27. The summed E-state index contributed by atoms with van der Waals surface area (Å²) >= 11 is 0. The van der Waals surface area contributed by atoms with Crippen LogP contribution in [-0.2, 0) is 15.5 Å². The second-order valence-corrected chi connectivity index (χ2v) is 9.49. The largest absolute Gasteiger partial charge is 0.377 e. The van der Waals surface area contributed by atoms with Gasteiger partial charge in [-0.25, -0.2) is 0 Å². The van der Waals surface area contributed by atoms with Crippen molar-refractivity contribution < 1.29 is 8.95 Å². The van der Waals surface area contributed by atoms with Crippen molar-refractivity contribution in [3.05, 3.63) is 0 Å². The summed E-state index contributed by atoms with van der Waals surface area (Å²) in [6.07, 6.45) is 5.74. The van der Waals surface area contributed by atoms with Crippen LogP contribution in [0.5, 0.6) is 0 Å². The van der Waals surface area contributed by atoms with Gasteiger partial charge in [-0.2, -0.15) is 0 Å². The fourth-order valence-electron chi connectivity index (χ4n) is 3.99. The highest BCUT2D eigenvalue weighted by atomic mass is 32.2. The molecule has 0 aromatic heterocycles. The van der Waals surface area contributed by atoms with Crippen molar-refractivity contribution in [3.63, 3.8) is 0 Å². The van der Waals surface area contributed by atoms with Crippen LogP contribution in [0.15, 0.2) is 0 Å². The number of nitrogens with two attached hydrogens (primary N) is 1. The summed E-state index contributed by atoms with van der Waals surface area (Å²) in [7, 11) is -0.804. The standard InChI is InChI=1S/C17H33NO2S/c1-5-17(3,4)14-7-6-13(11-18)16(10-14)21(19)15-8-9-20-12(15)2/h12-16H,5-11,18H2,1-4H3. The van der Waals surface area contributed by atoms with E-state index in [4.69, 9.17) is 10.5 Å². The molecule has 1 saturated carbocycles. The minimum Gasteiger partial charge on any atom is -0.377 e. The fraction of sp³-hybridized carbons (Fsp3) is 1.00. The highest BCUT2D eigenvalue weighted by molar-refractivity contribution is 7.86. The van der Waals surface area contributed by atoms with Gasteiger partial charge in [0.15, 0.2) is 0 Å². The molecule has 2 N–H and O–H groups in total. The Morgan fingerprint density at radius 3 is 2.48 bits per heavy atom. The van der Waals surface area contributed by atoms with Gasteiger partial charge in [0, 0.05) is 22.7 Å². The van der Waals surface area contributed by atoms with Gasteiger partial charge in [-0.05, 0) is 56.4 Å². The highest BCUT2D eigenvalue weighted by Crippen LogP contribution is 2.44. The van der Waals surface area contributed by atoms with E-state index in [9.17, 15) is 4.21 Å². The van der Waals surface area contributed by atoms with Crippen molar-refractivity contribution in [2.24, 2.45) is 23.0 Å². The average Bonchev–Trinajstić information content (AvgIpc) is 2.91. The van der Waals surface area contributed by atoms with E-state index in [-0.39, 0.29) is 16.6 Å². The number of ether oxygens (including phenoxy) is 1. The maximum atomic E-state index is 13.1. The van der Waals surface area contributed by atoms with Crippen LogP contribution < -0.4 is 5.73 Å². The zero-order chi connectivity index (χ0) is 15.6. The van der Waals surface area contributed by atoms with Crippen LogP contribution in [-0.4, -0.2) is 34.0 Å². The first-order chi connectivity index (χ1) is 9.90. The van der Waals surface area contributed by atoms with Crippen LogP contribution in [0, 0.1) is 17.3 Å². The summed E-state index contributed by atoms with van der Waals surface area (Å²) in [5.41, 5.74) is 6.33. The van der Waals surface area contributed by atoms with E-state index in [2.05, 4.69) is 27.7 Å². The molecule has 21 heavy (non-hydrogen) atoms. The Morgan fingerprint density at radius 1 is 1.24 bits per heavy atom. The van der Waals surface area contributed by atoms with E-state index in [0.29, 0.717) is 23.8 Å². The van der Waals surface area contributed by atoms with Crippen LogP contribution in [0.2, 0.25) is 0 Å². The van der Waals surface area contributed by atoms with Crippen molar-refractivity contribution in [3.8, 4) is 0 Å².